The summed E-state index contributed by atoms with van der Waals surface area (Å²) in [5.74, 6) is 0.687. The quantitative estimate of drug-likeness (QED) is 0.482. The molecule has 1 amide bonds. The molecule has 3 aromatic rings. The van der Waals surface area contributed by atoms with Crippen molar-refractivity contribution in [1.29, 1.82) is 0 Å². The zero-order valence-electron chi connectivity index (χ0n) is 18.6. The number of hydrogen-bond donors (Lipinski definition) is 1. The van der Waals surface area contributed by atoms with E-state index >= 15 is 0 Å². The van der Waals surface area contributed by atoms with Crippen molar-refractivity contribution in [2.75, 3.05) is 37.0 Å². The molecule has 1 N–H and O–H groups in total. The first kappa shape index (κ1) is 23.9. The van der Waals surface area contributed by atoms with E-state index in [2.05, 4.69) is 5.32 Å². The second kappa shape index (κ2) is 10.7. The molecule has 33 heavy (non-hydrogen) atoms. The molecule has 0 bridgehead atoms. The first-order valence-electron chi connectivity index (χ1n) is 10.2. The van der Waals surface area contributed by atoms with Gasteiger partial charge in [0.25, 0.3) is 10.0 Å². The summed E-state index contributed by atoms with van der Waals surface area (Å²) in [6, 6.07) is 19.6. The van der Waals surface area contributed by atoms with Gasteiger partial charge in [-0.05, 0) is 43.3 Å². The molecule has 0 atom stereocenters. The zero-order chi connectivity index (χ0) is 23.8. The lowest BCUT2D eigenvalue weighted by molar-refractivity contribution is -0.114. The Balaban J connectivity index is 2.01. The van der Waals surface area contributed by atoms with Gasteiger partial charge in [-0.25, -0.2) is 8.42 Å². The number of rotatable bonds is 10. The summed E-state index contributed by atoms with van der Waals surface area (Å²) in [5.41, 5.74) is 0.651. The van der Waals surface area contributed by atoms with Gasteiger partial charge >= 0.3 is 0 Å². The minimum atomic E-state index is -4.09. The number of anilines is 2. The van der Waals surface area contributed by atoms with Gasteiger partial charge in [0, 0.05) is 6.07 Å². The molecule has 0 spiro atoms. The Morgan fingerprint density at radius 3 is 2.27 bits per heavy atom. The van der Waals surface area contributed by atoms with Gasteiger partial charge in [-0.15, -0.1) is 0 Å². The average molecular weight is 471 g/mol. The fraction of sp³-hybridized carbons (Fsp3) is 0.208. The second-order valence-electron chi connectivity index (χ2n) is 6.84. The minimum absolute atomic E-state index is 0.0467. The van der Waals surface area contributed by atoms with E-state index < -0.39 is 22.5 Å². The molecule has 0 heterocycles. The van der Waals surface area contributed by atoms with E-state index in [1.807, 2.05) is 6.92 Å². The van der Waals surface area contributed by atoms with Crippen molar-refractivity contribution >= 4 is 27.3 Å². The number of nitrogens with one attached hydrogen (secondary N) is 1. The van der Waals surface area contributed by atoms with Gasteiger partial charge in [0.2, 0.25) is 5.91 Å². The summed E-state index contributed by atoms with van der Waals surface area (Å²) in [4.78, 5) is 13.1. The summed E-state index contributed by atoms with van der Waals surface area (Å²) in [7, 11) is -1.18. The van der Waals surface area contributed by atoms with Gasteiger partial charge < -0.3 is 19.5 Å². The van der Waals surface area contributed by atoms with Crippen LogP contribution in [0.1, 0.15) is 6.92 Å². The summed E-state index contributed by atoms with van der Waals surface area (Å²) in [6.45, 7) is 1.77. The first-order valence-corrected chi connectivity index (χ1v) is 11.7. The van der Waals surface area contributed by atoms with Crippen LogP contribution < -0.4 is 23.8 Å². The van der Waals surface area contributed by atoms with Crippen molar-refractivity contribution in [3.8, 4) is 17.2 Å². The van der Waals surface area contributed by atoms with E-state index in [1.54, 1.807) is 60.7 Å². The summed E-state index contributed by atoms with van der Waals surface area (Å²) in [6.07, 6.45) is 0. The summed E-state index contributed by atoms with van der Waals surface area (Å²) in [5, 5.41) is 2.74. The molecule has 0 aromatic heterocycles. The zero-order valence-corrected chi connectivity index (χ0v) is 19.5. The van der Waals surface area contributed by atoms with E-state index in [4.69, 9.17) is 14.2 Å². The predicted octanol–water partition coefficient (Wildman–Crippen LogP) is 3.94. The van der Waals surface area contributed by atoms with Crippen LogP contribution in [0.2, 0.25) is 0 Å². The molecule has 174 valence electrons. The molecule has 0 unspecified atom stereocenters. The lowest BCUT2D eigenvalue weighted by atomic mass is 10.2. The van der Waals surface area contributed by atoms with Crippen LogP contribution in [-0.2, 0) is 14.8 Å². The molecular weight excluding hydrogens is 444 g/mol. The predicted molar refractivity (Wildman–Crippen MR) is 127 cm³/mol. The normalized spacial score (nSPS) is 10.9. The number of sulfonamides is 1. The third-order valence-corrected chi connectivity index (χ3v) is 6.51. The first-order chi connectivity index (χ1) is 15.9. The number of carbonyl (C=O) groups excluding carboxylic acids is 1. The molecule has 0 saturated heterocycles. The molecule has 0 fully saturated rings. The number of benzene rings is 3. The van der Waals surface area contributed by atoms with Crippen LogP contribution >= 0.6 is 0 Å². The van der Waals surface area contributed by atoms with Gasteiger partial charge in [0.15, 0.2) is 0 Å². The highest BCUT2D eigenvalue weighted by atomic mass is 32.2. The van der Waals surface area contributed by atoms with Crippen molar-refractivity contribution < 1.29 is 27.4 Å². The smallest absolute Gasteiger partial charge is 0.264 e. The second-order valence-corrected chi connectivity index (χ2v) is 8.70. The number of para-hydroxylation sites is 2. The fourth-order valence-electron chi connectivity index (χ4n) is 3.18. The largest absolute Gasteiger partial charge is 0.497 e. The van der Waals surface area contributed by atoms with Gasteiger partial charge in [0.05, 0.1) is 37.1 Å². The van der Waals surface area contributed by atoms with Gasteiger partial charge in [-0.3, -0.25) is 9.10 Å². The standard InChI is InChI=1S/C24H26N2O6S/c1-4-32-22-13-9-8-12-20(22)25-24(27)17-26(33(28,29)19-10-6-5-7-11-19)21-15-14-18(30-2)16-23(21)31-3/h5-16H,4,17H2,1-3H3,(H,25,27). The van der Waals surface area contributed by atoms with E-state index in [0.717, 1.165) is 4.31 Å². The molecule has 0 aliphatic heterocycles. The monoisotopic (exact) mass is 470 g/mol. The molecule has 0 saturated carbocycles. The highest BCUT2D eigenvalue weighted by molar-refractivity contribution is 7.92. The lowest BCUT2D eigenvalue weighted by Gasteiger charge is -2.26. The molecule has 8 nitrogen and oxygen atoms in total. The lowest BCUT2D eigenvalue weighted by Crippen LogP contribution is -2.38. The highest BCUT2D eigenvalue weighted by Gasteiger charge is 2.30. The topological polar surface area (TPSA) is 94.2 Å². The van der Waals surface area contributed by atoms with Gasteiger partial charge in [0.1, 0.15) is 23.8 Å². The summed E-state index contributed by atoms with van der Waals surface area (Å²) >= 11 is 0. The Bertz CT molecular complexity index is 1200. The SMILES string of the molecule is CCOc1ccccc1NC(=O)CN(c1ccc(OC)cc1OC)S(=O)(=O)c1ccccc1. The summed E-state index contributed by atoms with van der Waals surface area (Å²) < 4.78 is 44.3. The van der Waals surface area contributed by atoms with Crippen LogP contribution in [0.3, 0.4) is 0 Å². The van der Waals surface area contributed by atoms with Gasteiger partial charge in [-0.1, -0.05) is 30.3 Å². The van der Waals surface area contributed by atoms with Crippen molar-refractivity contribution in [3.05, 3.63) is 72.8 Å². The van der Waals surface area contributed by atoms with E-state index in [9.17, 15) is 13.2 Å². The molecule has 0 aliphatic carbocycles. The Labute approximate surface area is 193 Å². The van der Waals surface area contributed by atoms with E-state index in [-0.39, 0.29) is 16.3 Å². The van der Waals surface area contributed by atoms with Crippen LogP contribution in [0, 0.1) is 0 Å². The van der Waals surface area contributed by atoms with Crippen molar-refractivity contribution in [2.24, 2.45) is 0 Å². The molecule has 0 radical (unpaired) electrons. The Morgan fingerprint density at radius 1 is 0.909 bits per heavy atom. The molecule has 3 rings (SSSR count). The number of ether oxygens (including phenoxy) is 3. The minimum Gasteiger partial charge on any atom is -0.497 e. The van der Waals surface area contributed by atoms with E-state index in [0.29, 0.717) is 23.8 Å². The molecule has 9 heteroatoms. The number of amides is 1. The molecule has 3 aromatic carbocycles. The van der Waals surface area contributed by atoms with Crippen molar-refractivity contribution in [2.45, 2.75) is 11.8 Å². The van der Waals surface area contributed by atoms with E-state index in [1.165, 1.54) is 26.4 Å². The Kier molecular flexibility index (Phi) is 7.78. The van der Waals surface area contributed by atoms with Gasteiger partial charge in [-0.2, -0.15) is 0 Å². The van der Waals surface area contributed by atoms with Crippen molar-refractivity contribution in [1.82, 2.24) is 0 Å². The highest BCUT2D eigenvalue weighted by Crippen LogP contribution is 2.35. The number of hydrogen-bond acceptors (Lipinski definition) is 6. The van der Waals surface area contributed by atoms with Crippen LogP contribution in [0.5, 0.6) is 17.2 Å². The third-order valence-electron chi connectivity index (χ3n) is 4.73. The van der Waals surface area contributed by atoms with Crippen LogP contribution in [-0.4, -0.2) is 41.7 Å². The maximum atomic E-state index is 13.5. The Hall–Kier alpha value is -3.72. The molecular formula is C24H26N2O6S. The number of nitrogens with zero attached hydrogens (tertiary/aromatic N) is 1. The third kappa shape index (κ3) is 5.56. The fourth-order valence-corrected chi connectivity index (χ4v) is 4.63. The van der Waals surface area contributed by atoms with Crippen LogP contribution in [0.15, 0.2) is 77.7 Å². The van der Waals surface area contributed by atoms with Crippen LogP contribution in [0.4, 0.5) is 11.4 Å². The Morgan fingerprint density at radius 2 is 1.61 bits per heavy atom. The maximum Gasteiger partial charge on any atom is 0.264 e. The average Bonchev–Trinajstić information content (AvgIpc) is 2.84. The van der Waals surface area contributed by atoms with Crippen molar-refractivity contribution in [3.63, 3.8) is 0 Å². The van der Waals surface area contributed by atoms with Crippen LogP contribution in [0.25, 0.3) is 0 Å². The number of methoxy groups -OCH3 is 2. The number of carbonyl (C=O) groups is 1. The molecule has 0 aliphatic rings. The maximum absolute atomic E-state index is 13.5.